The Hall–Kier alpha value is -1.42. The van der Waals surface area contributed by atoms with E-state index in [0.717, 1.165) is 25.8 Å². The standard InChI is InChI=1S/C5H12N4.HN3/c6-4-2-1-3-5-8-9-7;1-3-2/h1-6H2;1H. The van der Waals surface area contributed by atoms with Crippen LogP contribution in [0.25, 0.3) is 20.9 Å². The third kappa shape index (κ3) is 23.5. The molecule has 0 atom stereocenters. The number of hydrogen-bond acceptors (Lipinski definition) is 3. The van der Waals surface area contributed by atoms with Crippen molar-refractivity contribution in [3.8, 4) is 0 Å². The molecular formula is C5H13N7. The number of hydrogen-bond donors (Lipinski definition) is 2. The fourth-order valence-electron chi connectivity index (χ4n) is 0.548. The van der Waals surface area contributed by atoms with Gasteiger partial charge in [0.2, 0.25) is 0 Å². The molecule has 0 aromatic heterocycles. The van der Waals surface area contributed by atoms with E-state index in [0.29, 0.717) is 6.54 Å². The first-order valence-electron chi connectivity index (χ1n) is 3.55. The first kappa shape index (κ1) is 13.2. The molecule has 0 bridgehead atoms. The molecule has 3 N–H and O–H groups in total. The van der Waals surface area contributed by atoms with Gasteiger partial charge in [0.05, 0.1) is 0 Å². The number of nitrogens with two attached hydrogens (primary N) is 1. The lowest BCUT2D eigenvalue weighted by Crippen LogP contribution is -1.97. The highest BCUT2D eigenvalue weighted by Gasteiger charge is 1.83. The molecule has 0 aromatic carbocycles. The minimum absolute atomic E-state index is 0.608. The maximum Gasteiger partial charge on any atom is 0.0257 e. The van der Waals surface area contributed by atoms with Crippen LogP contribution in [0.5, 0.6) is 0 Å². The summed E-state index contributed by atoms with van der Waals surface area (Å²) >= 11 is 0. The second-order valence-corrected chi connectivity index (χ2v) is 1.90. The van der Waals surface area contributed by atoms with Gasteiger partial charge in [-0.25, -0.2) is 0 Å². The number of nitrogens with zero attached hydrogens (tertiary/aromatic N) is 5. The SMILES string of the molecule is [N-]=[N+]=N.[N-]=[N+]=NCCCCCN. The molecule has 68 valence electrons. The monoisotopic (exact) mass is 171 g/mol. The zero-order valence-electron chi connectivity index (χ0n) is 6.85. The summed E-state index contributed by atoms with van der Waals surface area (Å²) in [5, 5.41) is 3.38. The van der Waals surface area contributed by atoms with Gasteiger partial charge in [-0.1, -0.05) is 11.5 Å². The van der Waals surface area contributed by atoms with Crippen molar-refractivity contribution in [1.29, 1.82) is 5.53 Å². The number of nitrogens with one attached hydrogen (secondary N) is 1. The van der Waals surface area contributed by atoms with Crippen LogP contribution < -0.4 is 5.73 Å². The second-order valence-electron chi connectivity index (χ2n) is 1.90. The molecule has 0 heterocycles. The summed E-state index contributed by atoms with van der Waals surface area (Å²) < 4.78 is 0. The second kappa shape index (κ2) is 16.3. The van der Waals surface area contributed by atoms with E-state index in [9.17, 15) is 0 Å². The van der Waals surface area contributed by atoms with Gasteiger partial charge < -0.3 is 5.73 Å². The average Bonchev–Trinajstić information content (AvgIpc) is 2.06. The van der Waals surface area contributed by atoms with Crippen molar-refractivity contribution in [1.82, 2.24) is 0 Å². The summed E-state index contributed by atoms with van der Waals surface area (Å²) in [7, 11) is 0. The predicted molar refractivity (Wildman–Crippen MR) is 46.4 cm³/mol. The van der Waals surface area contributed by atoms with Crippen LogP contribution in [0.4, 0.5) is 0 Å². The largest absolute Gasteiger partial charge is 0.330 e. The highest BCUT2D eigenvalue weighted by molar-refractivity contribution is 4.47. The van der Waals surface area contributed by atoms with Crippen LogP contribution in [0, 0.1) is 5.53 Å². The lowest BCUT2D eigenvalue weighted by atomic mass is 10.2. The van der Waals surface area contributed by atoms with E-state index in [4.69, 9.17) is 22.3 Å². The summed E-state index contributed by atoms with van der Waals surface area (Å²) in [5.74, 6) is 0. The smallest absolute Gasteiger partial charge is 0.0257 e. The van der Waals surface area contributed by atoms with Gasteiger partial charge in [0.1, 0.15) is 0 Å². The molecule has 0 spiro atoms. The first-order valence-corrected chi connectivity index (χ1v) is 3.55. The Kier molecular flexibility index (Phi) is 17.9. The van der Waals surface area contributed by atoms with E-state index < -0.39 is 0 Å². The maximum atomic E-state index is 7.86. The Labute approximate surface area is 70.6 Å². The van der Waals surface area contributed by atoms with Gasteiger partial charge in [-0.3, -0.25) is 0 Å². The van der Waals surface area contributed by atoms with Gasteiger partial charge in [0.25, 0.3) is 0 Å². The van der Waals surface area contributed by atoms with Crippen LogP contribution >= 0.6 is 0 Å². The number of azide groups is 1. The highest BCUT2D eigenvalue weighted by atomic mass is 15.1. The minimum Gasteiger partial charge on any atom is -0.330 e. The van der Waals surface area contributed by atoms with E-state index in [-0.39, 0.29) is 0 Å². The molecule has 0 aliphatic carbocycles. The summed E-state index contributed by atoms with van der Waals surface area (Å²) in [6.07, 6.45) is 3.05. The normalized spacial score (nSPS) is 7.08. The molecule has 0 saturated heterocycles. The summed E-state index contributed by atoms with van der Waals surface area (Å²) in [5.41, 5.74) is 25.3. The number of unbranched alkanes of at least 4 members (excludes halogenated alkanes) is 2. The van der Waals surface area contributed by atoms with Gasteiger partial charge in [-0.05, 0) is 35.4 Å². The molecule has 0 aliphatic rings. The van der Waals surface area contributed by atoms with E-state index in [1.54, 1.807) is 4.91 Å². The van der Waals surface area contributed by atoms with Gasteiger partial charge in [0.15, 0.2) is 0 Å². The Morgan fingerprint density at radius 2 is 1.83 bits per heavy atom. The molecule has 7 nitrogen and oxygen atoms in total. The first-order chi connectivity index (χ1) is 5.83. The van der Waals surface area contributed by atoms with Gasteiger partial charge in [-0.15, -0.1) is 5.53 Å². The van der Waals surface area contributed by atoms with E-state index in [1.165, 1.54) is 0 Å². The van der Waals surface area contributed by atoms with Crippen molar-refractivity contribution >= 4 is 0 Å². The van der Waals surface area contributed by atoms with Gasteiger partial charge >= 0.3 is 0 Å². The maximum absolute atomic E-state index is 7.86. The third-order valence-electron chi connectivity index (χ3n) is 1.03. The summed E-state index contributed by atoms with van der Waals surface area (Å²) in [6.45, 7) is 1.34. The predicted octanol–water partition coefficient (Wildman–Crippen LogP) is 2.30. The molecule has 0 unspecified atom stereocenters. The van der Waals surface area contributed by atoms with Crippen LogP contribution in [-0.2, 0) is 0 Å². The molecule has 0 radical (unpaired) electrons. The molecule has 7 heteroatoms. The molecular weight excluding hydrogens is 158 g/mol. The van der Waals surface area contributed by atoms with Crippen molar-refractivity contribution in [3.63, 3.8) is 0 Å². The summed E-state index contributed by atoms with van der Waals surface area (Å²) in [6, 6.07) is 0. The average molecular weight is 171 g/mol. The Bertz CT molecular complexity index is 153. The van der Waals surface area contributed by atoms with Crippen LogP contribution in [-0.4, -0.2) is 13.1 Å². The van der Waals surface area contributed by atoms with Crippen LogP contribution in [0.15, 0.2) is 5.11 Å². The van der Waals surface area contributed by atoms with Gasteiger partial charge in [-0.2, -0.15) is 0 Å². The van der Waals surface area contributed by atoms with Crippen molar-refractivity contribution in [2.45, 2.75) is 19.3 Å². The molecule has 0 saturated carbocycles. The van der Waals surface area contributed by atoms with Crippen LogP contribution in [0.3, 0.4) is 0 Å². The highest BCUT2D eigenvalue weighted by Crippen LogP contribution is 1.92. The Balaban J connectivity index is 0. The molecule has 0 fully saturated rings. The van der Waals surface area contributed by atoms with Crippen LogP contribution in [0.1, 0.15) is 19.3 Å². The molecule has 12 heavy (non-hydrogen) atoms. The zero-order chi connectivity index (χ0) is 9.66. The molecule has 0 aliphatic heterocycles. The van der Waals surface area contributed by atoms with Crippen LogP contribution in [0.2, 0.25) is 0 Å². The lowest BCUT2D eigenvalue weighted by molar-refractivity contribution is 0.693. The van der Waals surface area contributed by atoms with Gasteiger partial charge in [0, 0.05) is 11.5 Å². The van der Waals surface area contributed by atoms with E-state index in [1.807, 2.05) is 0 Å². The minimum atomic E-state index is 0.608. The van der Waals surface area contributed by atoms with Crippen molar-refractivity contribution in [2.75, 3.05) is 13.1 Å². The van der Waals surface area contributed by atoms with E-state index in [2.05, 4.69) is 10.0 Å². The fraction of sp³-hybridized carbons (Fsp3) is 1.00. The Morgan fingerprint density at radius 1 is 1.25 bits per heavy atom. The molecule has 0 rings (SSSR count). The van der Waals surface area contributed by atoms with Crippen molar-refractivity contribution < 1.29 is 0 Å². The number of rotatable bonds is 5. The quantitative estimate of drug-likeness (QED) is 0.279. The lowest BCUT2D eigenvalue weighted by Gasteiger charge is -1.91. The van der Waals surface area contributed by atoms with Crippen molar-refractivity contribution in [2.24, 2.45) is 10.8 Å². The third-order valence-corrected chi connectivity index (χ3v) is 1.03. The van der Waals surface area contributed by atoms with Crippen molar-refractivity contribution in [3.05, 3.63) is 20.9 Å². The molecule has 0 aromatic rings. The Morgan fingerprint density at radius 3 is 2.25 bits per heavy atom. The topological polar surface area (TPSA) is 135 Å². The molecule has 0 amide bonds. The zero-order valence-corrected chi connectivity index (χ0v) is 6.85. The van der Waals surface area contributed by atoms with E-state index >= 15 is 0 Å². The summed E-state index contributed by atoms with van der Waals surface area (Å²) in [4.78, 5) is 4.38. The fourth-order valence-corrected chi connectivity index (χ4v) is 0.548.